The first-order chi connectivity index (χ1) is 8.47. The zero-order valence-corrected chi connectivity index (χ0v) is 9.65. The molecule has 0 aromatic heterocycles. The molecular formula is C12H15F3O3. The van der Waals surface area contributed by atoms with E-state index in [4.69, 9.17) is 14.9 Å². The van der Waals surface area contributed by atoms with Crippen molar-refractivity contribution in [1.82, 2.24) is 0 Å². The van der Waals surface area contributed by atoms with E-state index in [1.165, 1.54) is 12.1 Å². The molecule has 3 nitrogen and oxygen atoms in total. The van der Waals surface area contributed by atoms with Crippen molar-refractivity contribution in [1.29, 1.82) is 0 Å². The number of aliphatic hydroxyl groups is 2. The Balaban J connectivity index is 2.62. The van der Waals surface area contributed by atoms with Crippen molar-refractivity contribution in [2.75, 3.05) is 19.8 Å². The number of aliphatic hydroxyl groups excluding tert-OH is 2. The first-order valence-electron chi connectivity index (χ1n) is 5.49. The van der Waals surface area contributed by atoms with E-state index in [9.17, 15) is 13.2 Å². The Hall–Kier alpha value is -1.27. The molecule has 1 rings (SSSR count). The van der Waals surface area contributed by atoms with Crippen molar-refractivity contribution in [3.63, 3.8) is 0 Å². The second kappa shape index (κ2) is 6.61. The fourth-order valence-corrected chi connectivity index (χ4v) is 1.39. The molecule has 0 saturated heterocycles. The summed E-state index contributed by atoms with van der Waals surface area (Å²) in [5, 5.41) is 17.6. The van der Waals surface area contributed by atoms with E-state index in [1.807, 2.05) is 0 Å². The van der Waals surface area contributed by atoms with E-state index in [0.717, 1.165) is 12.1 Å². The molecule has 0 aliphatic heterocycles. The third kappa shape index (κ3) is 4.54. The number of hydrogen-bond acceptors (Lipinski definition) is 3. The van der Waals surface area contributed by atoms with Gasteiger partial charge in [0.2, 0.25) is 0 Å². The van der Waals surface area contributed by atoms with Crippen LogP contribution in [0.2, 0.25) is 0 Å². The molecular weight excluding hydrogens is 249 g/mol. The summed E-state index contributed by atoms with van der Waals surface area (Å²) in [7, 11) is 0. The second-order valence-electron chi connectivity index (χ2n) is 3.90. The molecule has 0 aliphatic carbocycles. The van der Waals surface area contributed by atoms with Crippen molar-refractivity contribution >= 4 is 0 Å². The lowest BCUT2D eigenvalue weighted by Gasteiger charge is -2.15. The highest BCUT2D eigenvalue weighted by molar-refractivity contribution is 5.30. The van der Waals surface area contributed by atoms with Crippen molar-refractivity contribution < 1.29 is 28.1 Å². The SMILES string of the molecule is OCCC(CO)COc1cccc(C(F)(F)F)c1. The molecule has 102 valence electrons. The highest BCUT2D eigenvalue weighted by Crippen LogP contribution is 2.31. The summed E-state index contributed by atoms with van der Waals surface area (Å²) in [6.45, 7) is -0.213. The summed E-state index contributed by atoms with van der Waals surface area (Å²) in [5.41, 5.74) is -0.775. The van der Waals surface area contributed by atoms with E-state index < -0.39 is 11.7 Å². The minimum absolute atomic E-state index is 0.0678. The Morgan fingerprint density at radius 3 is 2.50 bits per heavy atom. The van der Waals surface area contributed by atoms with Gasteiger partial charge in [-0.15, -0.1) is 0 Å². The van der Waals surface area contributed by atoms with Crippen molar-refractivity contribution in [2.24, 2.45) is 5.92 Å². The Labute approximate surface area is 103 Å². The molecule has 0 saturated carbocycles. The first-order valence-corrected chi connectivity index (χ1v) is 5.49. The lowest BCUT2D eigenvalue weighted by atomic mass is 10.1. The standard InChI is InChI=1S/C12H15F3O3/c13-12(14,15)10-2-1-3-11(6-10)18-8-9(7-17)4-5-16/h1-3,6,9,16-17H,4-5,7-8H2. The number of halogens is 3. The lowest BCUT2D eigenvalue weighted by molar-refractivity contribution is -0.137. The van der Waals surface area contributed by atoms with Gasteiger partial charge >= 0.3 is 6.18 Å². The Kier molecular flexibility index (Phi) is 5.43. The summed E-state index contributed by atoms with van der Waals surface area (Å²) in [5.74, 6) is -0.189. The molecule has 1 aromatic carbocycles. The number of hydrogen-bond donors (Lipinski definition) is 2. The average Bonchev–Trinajstić information content (AvgIpc) is 2.34. The molecule has 1 aromatic rings. The molecule has 2 N–H and O–H groups in total. The minimum atomic E-state index is -4.40. The highest BCUT2D eigenvalue weighted by atomic mass is 19.4. The van der Waals surface area contributed by atoms with Gasteiger partial charge in [0.25, 0.3) is 0 Å². The van der Waals surface area contributed by atoms with E-state index in [-0.39, 0.29) is 31.5 Å². The third-order valence-corrected chi connectivity index (χ3v) is 2.44. The maximum absolute atomic E-state index is 12.4. The second-order valence-corrected chi connectivity index (χ2v) is 3.90. The molecule has 1 atom stereocenters. The van der Waals surface area contributed by atoms with E-state index in [0.29, 0.717) is 6.42 Å². The molecule has 0 aliphatic rings. The van der Waals surface area contributed by atoms with Crippen LogP contribution in [0.15, 0.2) is 24.3 Å². The summed E-state index contributed by atoms with van der Waals surface area (Å²) in [6.07, 6.45) is -4.06. The highest BCUT2D eigenvalue weighted by Gasteiger charge is 2.30. The van der Waals surface area contributed by atoms with E-state index >= 15 is 0 Å². The van der Waals surface area contributed by atoms with Crippen LogP contribution in [0.4, 0.5) is 13.2 Å². The first kappa shape index (κ1) is 14.8. The van der Waals surface area contributed by atoms with Crippen LogP contribution in [-0.4, -0.2) is 30.0 Å². The topological polar surface area (TPSA) is 49.7 Å². The summed E-state index contributed by atoms with van der Waals surface area (Å²) < 4.78 is 42.5. The monoisotopic (exact) mass is 264 g/mol. The van der Waals surface area contributed by atoms with Crippen molar-refractivity contribution in [2.45, 2.75) is 12.6 Å². The van der Waals surface area contributed by atoms with Gasteiger partial charge < -0.3 is 14.9 Å². The lowest BCUT2D eigenvalue weighted by Crippen LogP contribution is -2.17. The van der Waals surface area contributed by atoms with Crippen LogP contribution in [0.25, 0.3) is 0 Å². The van der Waals surface area contributed by atoms with Crippen molar-refractivity contribution in [3.8, 4) is 5.75 Å². The van der Waals surface area contributed by atoms with Crippen LogP contribution in [0.3, 0.4) is 0 Å². The Bertz CT molecular complexity index is 366. The molecule has 0 fully saturated rings. The molecule has 18 heavy (non-hydrogen) atoms. The van der Waals surface area contributed by atoms with Crippen molar-refractivity contribution in [3.05, 3.63) is 29.8 Å². The quantitative estimate of drug-likeness (QED) is 0.827. The van der Waals surface area contributed by atoms with Gasteiger partial charge in [-0.05, 0) is 24.6 Å². The predicted octanol–water partition coefficient (Wildman–Crippen LogP) is 2.08. The fourth-order valence-electron chi connectivity index (χ4n) is 1.39. The summed E-state index contributed by atoms with van der Waals surface area (Å²) in [6, 6.07) is 4.55. The van der Waals surface area contributed by atoms with Crippen LogP contribution in [0.5, 0.6) is 5.75 Å². The smallest absolute Gasteiger partial charge is 0.416 e. The Morgan fingerprint density at radius 2 is 1.94 bits per heavy atom. The van der Waals surface area contributed by atoms with Crippen LogP contribution >= 0.6 is 0 Å². The zero-order valence-electron chi connectivity index (χ0n) is 9.65. The molecule has 1 unspecified atom stereocenters. The van der Waals surface area contributed by atoms with Gasteiger partial charge in [-0.3, -0.25) is 0 Å². The molecule has 0 heterocycles. The number of alkyl halides is 3. The largest absolute Gasteiger partial charge is 0.493 e. The maximum Gasteiger partial charge on any atom is 0.416 e. The minimum Gasteiger partial charge on any atom is -0.493 e. The zero-order chi connectivity index (χ0) is 13.6. The van der Waals surface area contributed by atoms with Gasteiger partial charge in [-0.25, -0.2) is 0 Å². The molecule has 0 spiro atoms. The van der Waals surface area contributed by atoms with Gasteiger partial charge in [-0.2, -0.15) is 13.2 Å². The molecule has 0 amide bonds. The molecule has 6 heteroatoms. The van der Waals surface area contributed by atoms with E-state index in [2.05, 4.69) is 0 Å². The number of ether oxygens (including phenoxy) is 1. The van der Waals surface area contributed by atoms with Gasteiger partial charge in [0.05, 0.1) is 12.2 Å². The van der Waals surface area contributed by atoms with Crippen LogP contribution in [0, 0.1) is 5.92 Å². The van der Waals surface area contributed by atoms with E-state index in [1.54, 1.807) is 0 Å². The van der Waals surface area contributed by atoms with Crippen LogP contribution in [-0.2, 0) is 6.18 Å². The third-order valence-electron chi connectivity index (χ3n) is 2.44. The van der Waals surface area contributed by atoms with Gasteiger partial charge in [-0.1, -0.05) is 6.07 Å². The normalized spacial score (nSPS) is 13.4. The Morgan fingerprint density at radius 1 is 1.22 bits per heavy atom. The predicted molar refractivity (Wildman–Crippen MR) is 59.2 cm³/mol. The number of benzene rings is 1. The van der Waals surface area contributed by atoms with Crippen LogP contribution < -0.4 is 4.74 Å². The summed E-state index contributed by atoms with van der Waals surface area (Å²) >= 11 is 0. The molecule has 0 bridgehead atoms. The van der Waals surface area contributed by atoms with Crippen LogP contribution in [0.1, 0.15) is 12.0 Å². The van der Waals surface area contributed by atoms with Gasteiger partial charge in [0.1, 0.15) is 5.75 Å². The number of rotatable bonds is 6. The fraction of sp³-hybridized carbons (Fsp3) is 0.500. The summed E-state index contributed by atoms with van der Waals surface area (Å²) in [4.78, 5) is 0. The van der Waals surface area contributed by atoms with Gasteiger partial charge in [0, 0.05) is 19.1 Å². The maximum atomic E-state index is 12.4. The molecule has 0 radical (unpaired) electrons. The van der Waals surface area contributed by atoms with Gasteiger partial charge in [0.15, 0.2) is 0 Å². The average molecular weight is 264 g/mol.